The summed E-state index contributed by atoms with van der Waals surface area (Å²) >= 11 is 1.47. The molecule has 0 aliphatic carbocycles. The molecule has 0 aromatic heterocycles. The van der Waals surface area contributed by atoms with Gasteiger partial charge in [-0.05, 0) is 18.2 Å². The number of rotatable bonds is 4. The number of amidine groups is 1. The molecule has 0 spiro atoms. The third-order valence-electron chi connectivity index (χ3n) is 3.47. The van der Waals surface area contributed by atoms with Crippen LogP contribution in [0.5, 0.6) is 0 Å². The number of allylic oxidation sites excluding steroid dienone is 1. The molecule has 7 nitrogen and oxygen atoms in total. The minimum absolute atomic E-state index is 0.0450. The van der Waals surface area contributed by atoms with Gasteiger partial charge >= 0.3 is 5.97 Å². The lowest BCUT2D eigenvalue weighted by molar-refractivity contribution is -0.420. The third kappa shape index (κ3) is 3.26. The van der Waals surface area contributed by atoms with E-state index in [0.29, 0.717) is 5.84 Å². The number of nitro groups is 1. The van der Waals surface area contributed by atoms with Crippen LogP contribution in [-0.2, 0) is 4.79 Å². The van der Waals surface area contributed by atoms with Gasteiger partial charge < -0.3 is 10.0 Å². The fraction of sp³-hybridized carbons (Fsp3) is 0.200. The Morgan fingerprint density at radius 1 is 1.35 bits per heavy atom. The second-order valence-electron chi connectivity index (χ2n) is 5.01. The molecule has 3 rings (SSSR count). The van der Waals surface area contributed by atoms with Gasteiger partial charge in [-0.25, -0.2) is 4.79 Å². The smallest absolute Gasteiger partial charge is 0.328 e. The van der Waals surface area contributed by atoms with E-state index in [-0.39, 0.29) is 17.5 Å². The van der Waals surface area contributed by atoms with Gasteiger partial charge in [-0.15, -0.1) is 11.8 Å². The van der Waals surface area contributed by atoms with Crippen LogP contribution < -0.4 is 0 Å². The molecule has 8 heteroatoms. The van der Waals surface area contributed by atoms with Crippen LogP contribution in [0.3, 0.4) is 0 Å². The molecule has 0 saturated heterocycles. The first-order chi connectivity index (χ1) is 11.0. The van der Waals surface area contributed by atoms with Crippen molar-refractivity contribution in [2.45, 2.75) is 22.7 Å². The zero-order valence-electron chi connectivity index (χ0n) is 11.9. The Bertz CT molecular complexity index is 729. The Labute approximate surface area is 136 Å². The van der Waals surface area contributed by atoms with Crippen LogP contribution in [-0.4, -0.2) is 38.2 Å². The Balaban J connectivity index is 1.93. The Morgan fingerprint density at radius 3 is 2.74 bits per heavy atom. The molecule has 2 atom stereocenters. The molecule has 0 saturated carbocycles. The summed E-state index contributed by atoms with van der Waals surface area (Å²) in [4.78, 5) is 28.6. The highest BCUT2D eigenvalue weighted by Crippen LogP contribution is 2.34. The quantitative estimate of drug-likeness (QED) is 0.672. The first-order valence-electron chi connectivity index (χ1n) is 6.89. The van der Waals surface area contributed by atoms with Crippen molar-refractivity contribution in [3.05, 3.63) is 64.5 Å². The minimum atomic E-state index is -0.992. The molecular formula is C15H13N3O4S. The van der Waals surface area contributed by atoms with Crippen LogP contribution in [0, 0.1) is 10.1 Å². The van der Waals surface area contributed by atoms with Gasteiger partial charge in [-0.1, -0.05) is 18.2 Å². The van der Waals surface area contributed by atoms with Crippen LogP contribution >= 0.6 is 11.8 Å². The monoisotopic (exact) mass is 331 g/mol. The van der Waals surface area contributed by atoms with Crippen molar-refractivity contribution in [2.24, 2.45) is 4.99 Å². The lowest BCUT2D eigenvalue weighted by Gasteiger charge is -2.36. The minimum Gasteiger partial charge on any atom is -0.480 e. The van der Waals surface area contributed by atoms with E-state index in [2.05, 4.69) is 4.99 Å². The lowest BCUT2D eigenvalue weighted by atomic mass is 10.1. The van der Waals surface area contributed by atoms with Crippen molar-refractivity contribution in [3.63, 3.8) is 0 Å². The van der Waals surface area contributed by atoms with Crippen LogP contribution in [0.25, 0.3) is 0 Å². The van der Waals surface area contributed by atoms with E-state index in [1.807, 2.05) is 30.3 Å². The van der Waals surface area contributed by atoms with E-state index in [4.69, 9.17) is 0 Å². The molecule has 0 fully saturated rings. The molecular weight excluding hydrogens is 318 g/mol. The van der Waals surface area contributed by atoms with Crippen molar-refractivity contribution < 1.29 is 14.8 Å². The van der Waals surface area contributed by atoms with E-state index in [1.165, 1.54) is 30.1 Å². The summed E-state index contributed by atoms with van der Waals surface area (Å²) in [5.41, 5.74) is -0.0450. The molecule has 1 N–H and O–H groups in total. The van der Waals surface area contributed by atoms with Crippen molar-refractivity contribution in [1.82, 2.24) is 4.90 Å². The first-order valence-corrected chi connectivity index (χ1v) is 7.77. The predicted molar refractivity (Wildman–Crippen MR) is 85.6 cm³/mol. The van der Waals surface area contributed by atoms with Crippen molar-refractivity contribution in [1.29, 1.82) is 0 Å². The van der Waals surface area contributed by atoms with Gasteiger partial charge in [0.15, 0.2) is 6.04 Å². The number of hydrogen-bond acceptors (Lipinski definition) is 6. The van der Waals surface area contributed by atoms with Crippen LogP contribution in [0.4, 0.5) is 0 Å². The van der Waals surface area contributed by atoms with Gasteiger partial charge in [-0.2, -0.15) is 0 Å². The number of hydrogen-bond donors (Lipinski definition) is 1. The second kappa shape index (κ2) is 6.25. The fourth-order valence-electron chi connectivity index (χ4n) is 2.38. The van der Waals surface area contributed by atoms with Crippen LogP contribution in [0.1, 0.15) is 6.42 Å². The normalized spacial score (nSPS) is 22.9. The van der Waals surface area contributed by atoms with Crippen molar-refractivity contribution in [2.75, 3.05) is 0 Å². The number of thioether (sulfide) groups is 1. The molecule has 1 aromatic rings. The third-order valence-corrected chi connectivity index (χ3v) is 4.71. The summed E-state index contributed by atoms with van der Waals surface area (Å²) < 4.78 is 0. The highest BCUT2D eigenvalue weighted by atomic mass is 32.2. The number of aliphatic carboxylic acids is 1. The molecule has 0 bridgehead atoms. The van der Waals surface area contributed by atoms with Crippen LogP contribution in [0.2, 0.25) is 0 Å². The molecule has 0 amide bonds. The van der Waals surface area contributed by atoms with Gasteiger partial charge in [0.25, 0.3) is 5.70 Å². The zero-order chi connectivity index (χ0) is 16.4. The molecule has 2 aliphatic rings. The summed E-state index contributed by atoms with van der Waals surface area (Å²) in [6.07, 6.45) is 4.51. The molecule has 118 valence electrons. The average molecular weight is 331 g/mol. The lowest BCUT2D eigenvalue weighted by Crippen LogP contribution is -2.44. The zero-order valence-corrected chi connectivity index (χ0v) is 12.7. The number of carboxylic acids is 1. The molecule has 23 heavy (non-hydrogen) atoms. The van der Waals surface area contributed by atoms with Crippen molar-refractivity contribution >= 4 is 23.6 Å². The van der Waals surface area contributed by atoms with Crippen LogP contribution in [0.15, 0.2) is 64.3 Å². The molecule has 2 aliphatic heterocycles. The summed E-state index contributed by atoms with van der Waals surface area (Å²) in [5.74, 6) is -0.559. The number of fused-ring (bicyclic) bond motifs is 1. The number of carbonyl (C=O) groups is 1. The largest absolute Gasteiger partial charge is 0.480 e. The summed E-state index contributed by atoms with van der Waals surface area (Å²) in [7, 11) is 0. The van der Waals surface area contributed by atoms with Gasteiger partial charge in [0.2, 0.25) is 0 Å². The van der Waals surface area contributed by atoms with Gasteiger partial charge in [0.05, 0.1) is 16.5 Å². The predicted octanol–water partition coefficient (Wildman–Crippen LogP) is 2.35. The highest BCUT2D eigenvalue weighted by molar-refractivity contribution is 7.99. The highest BCUT2D eigenvalue weighted by Gasteiger charge is 2.35. The number of benzene rings is 1. The van der Waals surface area contributed by atoms with E-state index < -0.39 is 16.9 Å². The van der Waals surface area contributed by atoms with E-state index in [9.17, 15) is 20.0 Å². The van der Waals surface area contributed by atoms with Crippen molar-refractivity contribution in [3.8, 4) is 0 Å². The Hall–Kier alpha value is -2.61. The Morgan fingerprint density at radius 2 is 2.09 bits per heavy atom. The average Bonchev–Trinajstić information content (AvgIpc) is 2.55. The Kier molecular flexibility index (Phi) is 4.16. The second-order valence-corrected chi connectivity index (χ2v) is 6.27. The maximum atomic E-state index is 11.3. The molecule has 2 unspecified atom stereocenters. The standard InChI is InChI=1S/C15H13N3O4S/c19-15(20)12-8-14(23-11-4-2-1-3-5-11)17-9-10(18(21)22)6-7-13(17)16-12/h1-7,9,12,14H,8H2,(H,19,20). The van der Waals surface area contributed by atoms with Gasteiger partial charge in [0, 0.05) is 17.4 Å². The van der Waals surface area contributed by atoms with Gasteiger partial charge in [-0.3, -0.25) is 15.1 Å². The fourth-order valence-corrected chi connectivity index (χ4v) is 3.57. The summed E-state index contributed by atoms with van der Waals surface area (Å²) in [5, 5.41) is 20.0. The molecule has 2 heterocycles. The number of aliphatic imine (C=N–C) groups is 1. The maximum absolute atomic E-state index is 11.3. The number of carboxylic acid groups (broad SMARTS) is 1. The number of nitrogens with zero attached hydrogens (tertiary/aromatic N) is 3. The molecule has 1 aromatic carbocycles. The van der Waals surface area contributed by atoms with E-state index in [0.717, 1.165) is 4.90 Å². The maximum Gasteiger partial charge on any atom is 0.328 e. The summed E-state index contributed by atoms with van der Waals surface area (Å²) in [6, 6.07) is 8.67. The topological polar surface area (TPSA) is 96.0 Å². The SMILES string of the molecule is O=C(O)C1CC(Sc2ccccc2)N2C=C([N+](=O)[O-])C=CC2=N1. The first kappa shape index (κ1) is 15.3. The van der Waals surface area contributed by atoms with Gasteiger partial charge in [0.1, 0.15) is 5.84 Å². The van der Waals surface area contributed by atoms with E-state index >= 15 is 0 Å². The van der Waals surface area contributed by atoms with E-state index in [1.54, 1.807) is 4.90 Å². The summed E-state index contributed by atoms with van der Waals surface area (Å²) in [6.45, 7) is 0. The molecule has 0 radical (unpaired) electrons.